The van der Waals surface area contributed by atoms with Crippen molar-refractivity contribution >= 4 is 34.9 Å². The van der Waals surface area contributed by atoms with E-state index >= 15 is 0 Å². The van der Waals surface area contributed by atoms with Crippen LogP contribution >= 0.6 is 0 Å². The van der Waals surface area contributed by atoms with Gasteiger partial charge in [-0.25, -0.2) is 0 Å². The van der Waals surface area contributed by atoms with Crippen molar-refractivity contribution in [3.05, 3.63) is 131 Å². The van der Waals surface area contributed by atoms with Crippen LogP contribution in [0.4, 0.5) is 11.4 Å². The molecule has 0 unspecified atom stereocenters. The van der Waals surface area contributed by atoms with E-state index in [1.54, 1.807) is 43.5 Å². The molecule has 0 aromatic heterocycles. The van der Waals surface area contributed by atoms with Gasteiger partial charge in [0.1, 0.15) is 17.2 Å². The number of fused-ring (bicyclic) bond motifs is 6. The van der Waals surface area contributed by atoms with Gasteiger partial charge in [0, 0.05) is 22.5 Å². The van der Waals surface area contributed by atoms with Crippen LogP contribution in [0.15, 0.2) is 109 Å². The Morgan fingerprint density at radius 1 is 0.825 bits per heavy atom. The average molecular weight is 527 g/mol. The Labute approximate surface area is 231 Å². The van der Waals surface area contributed by atoms with Crippen LogP contribution < -0.4 is 15.0 Å². The molecule has 4 atom stereocenters. The number of nitrogens with zero attached hydrogens (tertiary/aromatic N) is 1. The van der Waals surface area contributed by atoms with Gasteiger partial charge in [0.05, 0.1) is 19.1 Å². The van der Waals surface area contributed by atoms with Crippen molar-refractivity contribution in [3.8, 4) is 5.75 Å². The first-order chi connectivity index (χ1) is 19.6. The number of anilines is 2. The highest BCUT2D eigenvalue weighted by Gasteiger charge is 2.70. The highest BCUT2D eigenvalue weighted by Crippen LogP contribution is 2.58. The zero-order valence-electron chi connectivity index (χ0n) is 21.8. The highest BCUT2D eigenvalue weighted by molar-refractivity contribution is 6.18. The van der Waals surface area contributed by atoms with E-state index in [9.17, 15) is 14.4 Å². The molecule has 1 amide bonds. The number of Topliss-reactive ketones (excluding diaryl/α,β-unsaturated/α-hetero) is 2. The standard InChI is InChI=1S/C34H26N2O4/c1-40-24-14-9-13-23(20-24)31(37)29-30(32(38)22-11-3-2-4-12-22)36-27-17-8-5-10-21(27)18-19-28(36)34(29)25-15-6-7-16-26(25)35-33(34)39/h2-20,28-30H,1H3,(H,35,39)/t28-,29+,30-,34+/m1/s1. The minimum atomic E-state index is -1.34. The molecule has 0 bridgehead atoms. The Morgan fingerprint density at radius 3 is 2.38 bits per heavy atom. The van der Waals surface area contributed by atoms with Gasteiger partial charge in [0.25, 0.3) is 0 Å². The number of ketones is 2. The van der Waals surface area contributed by atoms with E-state index in [0.29, 0.717) is 22.6 Å². The predicted molar refractivity (Wildman–Crippen MR) is 154 cm³/mol. The largest absolute Gasteiger partial charge is 0.497 e. The fraction of sp³-hybridized carbons (Fsp3) is 0.147. The Kier molecular flexibility index (Phi) is 5.46. The number of nitrogens with one attached hydrogen (secondary N) is 1. The lowest BCUT2D eigenvalue weighted by Gasteiger charge is -2.37. The van der Waals surface area contributed by atoms with Crippen LogP contribution in [-0.2, 0) is 10.2 Å². The minimum Gasteiger partial charge on any atom is -0.497 e. The summed E-state index contributed by atoms with van der Waals surface area (Å²) in [7, 11) is 1.55. The molecular weight excluding hydrogens is 500 g/mol. The van der Waals surface area contributed by atoms with E-state index < -0.39 is 23.4 Å². The lowest BCUT2D eigenvalue weighted by molar-refractivity contribution is -0.121. The van der Waals surface area contributed by atoms with E-state index in [1.165, 1.54) is 0 Å². The van der Waals surface area contributed by atoms with Gasteiger partial charge in [0.15, 0.2) is 11.6 Å². The number of amides is 1. The second-order valence-corrected chi connectivity index (χ2v) is 10.4. The number of hydrogen-bond donors (Lipinski definition) is 1. The summed E-state index contributed by atoms with van der Waals surface area (Å²) in [5, 5.41) is 3.06. The number of para-hydroxylation sites is 2. The molecule has 1 N–H and O–H groups in total. The molecule has 196 valence electrons. The maximum atomic E-state index is 14.8. The predicted octanol–water partition coefficient (Wildman–Crippen LogP) is 5.55. The molecule has 3 aliphatic heterocycles. The maximum absolute atomic E-state index is 14.8. The SMILES string of the molecule is COc1cccc(C(=O)[C@@H]2[C@H](C(=O)c3ccccc3)N3c4ccccc4C=C[C@@H]3[C@]23C(=O)Nc2ccccc23)c1. The van der Waals surface area contributed by atoms with Crippen molar-refractivity contribution in [1.29, 1.82) is 0 Å². The summed E-state index contributed by atoms with van der Waals surface area (Å²) in [5.41, 5.74) is 2.69. The first kappa shape index (κ1) is 24.1. The Hall–Kier alpha value is -4.97. The molecule has 1 spiro atoms. The van der Waals surface area contributed by atoms with Gasteiger partial charge >= 0.3 is 0 Å². The van der Waals surface area contributed by atoms with Gasteiger partial charge in [-0.1, -0.05) is 91.0 Å². The number of benzene rings is 4. The van der Waals surface area contributed by atoms with Crippen molar-refractivity contribution in [2.45, 2.75) is 17.5 Å². The summed E-state index contributed by atoms with van der Waals surface area (Å²) in [5.74, 6) is -1.25. The molecule has 7 rings (SSSR count). The fourth-order valence-corrected chi connectivity index (χ4v) is 6.85. The van der Waals surface area contributed by atoms with Crippen LogP contribution in [0.25, 0.3) is 6.08 Å². The van der Waals surface area contributed by atoms with E-state index in [4.69, 9.17) is 4.74 Å². The lowest BCUT2D eigenvalue weighted by atomic mass is 9.64. The third kappa shape index (κ3) is 3.26. The molecule has 4 aromatic rings. The third-order valence-corrected chi connectivity index (χ3v) is 8.51. The highest BCUT2D eigenvalue weighted by atomic mass is 16.5. The molecular formula is C34H26N2O4. The smallest absolute Gasteiger partial charge is 0.238 e. The van der Waals surface area contributed by atoms with Gasteiger partial charge in [-0.15, -0.1) is 0 Å². The van der Waals surface area contributed by atoms with Crippen LogP contribution in [0.3, 0.4) is 0 Å². The van der Waals surface area contributed by atoms with Gasteiger partial charge < -0.3 is 15.0 Å². The normalized spacial score (nSPS) is 23.8. The molecule has 0 aliphatic carbocycles. The molecule has 3 heterocycles. The molecule has 1 fully saturated rings. The first-order valence-corrected chi connectivity index (χ1v) is 13.3. The first-order valence-electron chi connectivity index (χ1n) is 13.3. The Bertz CT molecular complexity index is 1710. The zero-order valence-corrected chi connectivity index (χ0v) is 21.8. The van der Waals surface area contributed by atoms with E-state index in [0.717, 1.165) is 16.8 Å². The fourth-order valence-electron chi connectivity index (χ4n) is 6.85. The number of hydrogen-bond acceptors (Lipinski definition) is 5. The Balaban J connectivity index is 1.54. The Morgan fingerprint density at radius 2 is 1.55 bits per heavy atom. The van der Waals surface area contributed by atoms with Crippen molar-refractivity contribution in [1.82, 2.24) is 0 Å². The van der Waals surface area contributed by atoms with Crippen LogP contribution in [0.2, 0.25) is 0 Å². The van der Waals surface area contributed by atoms with Gasteiger partial charge in [0.2, 0.25) is 5.91 Å². The summed E-state index contributed by atoms with van der Waals surface area (Å²) < 4.78 is 5.43. The second kappa shape index (κ2) is 9.06. The number of rotatable bonds is 5. The number of methoxy groups -OCH3 is 1. The maximum Gasteiger partial charge on any atom is 0.238 e. The number of carbonyl (C=O) groups is 3. The molecule has 6 nitrogen and oxygen atoms in total. The molecule has 1 saturated heterocycles. The summed E-state index contributed by atoms with van der Waals surface area (Å²) in [6.45, 7) is 0. The summed E-state index contributed by atoms with van der Waals surface area (Å²) in [6, 6.07) is 29.8. The van der Waals surface area contributed by atoms with E-state index in [2.05, 4.69) is 5.32 Å². The molecule has 0 radical (unpaired) electrons. The van der Waals surface area contributed by atoms with Crippen molar-refractivity contribution in [2.75, 3.05) is 17.3 Å². The lowest BCUT2D eigenvalue weighted by Crippen LogP contribution is -2.51. The molecule has 4 aromatic carbocycles. The summed E-state index contributed by atoms with van der Waals surface area (Å²) >= 11 is 0. The monoisotopic (exact) mass is 526 g/mol. The summed E-state index contributed by atoms with van der Waals surface area (Å²) in [6.07, 6.45) is 3.98. The molecule has 6 heteroatoms. The van der Waals surface area contributed by atoms with Crippen molar-refractivity contribution in [3.63, 3.8) is 0 Å². The van der Waals surface area contributed by atoms with E-state index in [-0.39, 0.29) is 17.5 Å². The van der Waals surface area contributed by atoms with Crippen LogP contribution in [0.1, 0.15) is 31.8 Å². The van der Waals surface area contributed by atoms with Gasteiger partial charge in [-0.2, -0.15) is 0 Å². The molecule has 3 aliphatic rings. The summed E-state index contributed by atoms with van der Waals surface area (Å²) in [4.78, 5) is 45.7. The van der Waals surface area contributed by atoms with Crippen molar-refractivity contribution in [2.24, 2.45) is 5.92 Å². The average Bonchev–Trinajstić information content (AvgIpc) is 3.49. The van der Waals surface area contributed by atoms with Crippen molar-refractivity contribution < 1.29 is 19.1 Å². The van der Waals surface area contributed by atoms with Crippen LogP contribution in [0, 0.1) is 5.92 Å². The second-order valence-electron chi connectivity index (χ2n) is 10.4. The molecule has 40 heavy (non-hydrogen) atoms. The van der Waals surface area contributed by atoms with E-state index in [1.807, 2.05) is 83.8 Å². The zero-order chi connectivity index (χ0) is 27.4. The van der Waals surface area contributed by atoms with Crippen LogP contribution in [0.5, 0.6) is 5.75 Å². The number of carbonyl (C=O) groups excluding carboxylic acids is 3. The topological polar surface area (TPSA) is 75.7 Å². The number of ether oxygens (including phenoxy) is 1. The molecule has 0 saturated carbocycles. The minimum absolute atomic E-state index is 0.203. The quantitative estimate of drug-likeness (QED) is 0.345. The third-order valence-electron chi connectivity index (χ3n) is 8.51. The van der Waals surface area contributed by atoms with Crippen LogP contribution in [-0.4, -0.2) is 36.7 Å². The van der Waals surface area contributed by atoms with Gasteiger partial charge in [-0.3, -0.25) is 14.4 Å². The van der Waals surface area contributed by atoms with Gasteiger partial charge in [-0.05, 0) is 35.4 Å².